The molecule has 0 spiro atoms. The molecule has 3 N–H and O–H groups in total. The van der Waals surface area contributed by atoms with E-state index in [1.807, 2.05) is 61.5 Å². The van der Waals surface area contributed by atoms with E-state index in [0.29, 0.717) is 31.6 Å². The van der Waals surface area contributed by atoms with Crippen LogP contribution < -0.4 is 15.4 Å². The molecule has 2 aromatic rings. The van der Waals surface area contributed by atoms with E-state index < -0.39 is 6.10 Å². The molecule has 170 valence electrons. The van der Waals surface area contributed by atoms with Crippen LogP contribution in [-0.2, 0) is 17.9 Å². The maximum Gasteiger partial charge on any atom is 0.191 e. The predicted molar refractivity (Wildman–Crippen MR) is 135 cm³/mol. The van der Waals surface area contributed by atoms with Crippen molar-refractivity contribution in [3.05, 3.63) is 65.7 Å². The van der Waals surface area contributed by atoms with Crippen molar-refractivity contribution in [3.63, 3.8) is 0 Å². The van der Waals surface area contributed by atoms with Crippen molar-refractivity contribution < 1.29 is 14.6 Å². The van der Waals surface area contributed by atoms with Gasteiger partial charge in [-0.25, -0.2) is 4.99 Å². The number of aliphatic hydroxyl groups is 1. The number of aliphatic hydroxyl groups excluding tert-OH is 1. The van der Waals surface area contributed by atoms with Crippen LogP contribution in [0.3, 0.4) is 0 Å². The lowest BCUT2D eigenvalue weighted by Gasteiger charge is -2.16. The standard InChI is InChI=1S/C24H33N3O3.HI/c1-2-25-24(27-15-22(28)18-29-16-19-8-4-3-5-9-19)26-14-21-10-6-7-11-23(21)30-17-20-12-13-20;/h3-11,20,22,28H,2,12-18H2,1H3,(H2,25,26,27);1H. The van der Waals surface area contributed by atoms with E-state index in [0.717, 1.165) is 30.0 Å². The second kappa shape index (κ2) is 14.3. The summed E-state index contributed by atoms with van der Waals surface area (Å²) in [6.45, 7) is 5.17. The number of hydrogen-bond acceptors (Lipinski definition) is 4. The van der Waals surface area contributed by atoms with Crippen molar-refractivity contribution in [2.24, 2.45) is 10.9 Å². The molecule has 1 atom stereocenters. The summed E-state index contributed by atoms with van der Waals surface area (Å²) in [4.78, 5) is 4.65. The van der Waals surface area contributed by atoms with E-state index in [-0.39, 0.29) is 30.6 Å². The van der Waals surface area contributed by atoms with Crippen molar-refractivity contribution in [3.8, 4) is 5.75 Å². The van der Waals surface area contributed by atoms with Gasteiger partial charge in [0.25, 0.3) is 0 Å². The lowest BCUT2D eigenvalue weighted by Crippen LogP contribution is -2.42. The summed E-state index contributed by atoms with van der Waals surface area (Å²) in [5.41, 5.74) is 2.15. The van der Waals surface area contributed by atoms with Crippen LogP contribution >= 0.6 is 24.0 Å². The Balaban J connectivity index is 0.00000341. The fourth-order valence-electron chi connectivity index (χ4n) is 2.93. The molecule has 2 aromatic carbocycles. The quantitative estimate of drug-likeness (QED) is 0.218. The first kappa shape index (κ1) is 25.4. The molecule has 7 heteroatoms. The Kier molecular flexibility index (Phi) is 11.7. The molecule has 1 saturated carbocycles. The van der Waals surface area contributed by atoms with Gasteiger partial charge in [0.2, 0.25) is 0 Å². The molecule has 0 heterocycles. The zero-order valence-corrected chi connectivity index (χ0v) is 20.5. The van der Waals surface area contributed by atoms with Gasteiger partial charge in [-0.1, -0.05) is 48.5 Å². The van der Waals surface area contributed by atoms with E-state index in [2.05, 4.69) is 15.6 Å². The fraction of sp³-hybridized carbons (Fsp3) is 0.458. The van der Waals surface area contributed by atoms with Gasteiger partial charge in [-0.3, -0.25) is 0 Å². The molecule has 3 rings (SSSR count). The van der Waals surface area contributed by atoms with Crippen LogP contribution in [0.2, 0.25) is 0 Å². The number of ether oxygens (including phenoxy) is 2. The van der Waals surface area contributed by atoms with Gasteiger partial charge in [0.1, 0.15) is 5.75 Å². The summed E-state index contributed by atoms with van der Waals surface area (Å²) in [5.74, 6) is 2.28. The van der Waals surface area contributed by atoms with E-state index in [9.17, 15) is 5.11 Å². The first-order valence-electron chi connectivity index (χ1n) is 10.8. The van der Waals surface area contributed by atoms with Crippen molar-refractivity contribution in [1.82, 2.24) is 10.6 Å². The maximum atomic E-state index is 10.2. The minimum atomic E-state index is -0.619. The second-order valence-corrected chi connectivity index (χ2v) is 7.59. The Bertz CT molecular complexity index is 785. The molecule has 0 radical (unpaired) electrons. The van der Waals surface area contributed by atoms with Gasteiger partial charge >= 0.3 is 0 Å². The number of nitrogens with one attached hydrogen (secondary N) is 2. The number of benzene rings is 2. The number of para-hydroxylation sites is 1. The van der Waals surface area contributed by atoms with Gasteiger partial charge in [-0.15, -0.1) is 24.0 Å². The van der Waals surface area contributed by atoms with Gasteiger partial charge < -0.3 is 25.2 Å². The summed E-state index contributed by atoms with van der Waals surface area (Å²) in [6.07, 6.45) is 1.92. The Morgan fingerprint density at radius 1 is 1.10 bits per heavy atom. The molecule has 6 nitrogen and oxygen atoms in total. The molecule has 1 aliphatic rings. The number of halogens is 1. The van der Waals surface area contributed by atoms with Crippen molar-refractivity contribution >= 4 is 29.9 Å². The van der Waals surface area contributed by atoms with E-state index >= 15 is 0 Å². The van der Waals surface area contributed by atoms with E-state index in [4.69, 9.17) is 9.47 Å². The lowest BCUT2D eigenvalue weighted by molar-refractivity contribution is 0.0308. The molecule has 0 aliphatic heterocycles. The number of rotatable bonds is 12. The molecule has 0 bridgehead atoms. The van der Waals surface area contributed by atoms with Crippen molar-refractivity contribution in [1.29, 1.82) is 0 Å². The molecule has 0 aromatic heterocycles. The normalized spacial score (nSPS) is 14.5. The Morgan fingerprint density at radius 2 is 1.84 bits per heavy atom. The monoisotopic (exact) mass is 539 g/mol. The van der Waals surface area contributed by atoms with E-state index in [1.165, 1.54) is 12.8 Å². The largest absolute Gasteiger partial charge is 0.493 e. The molecule has 31 heavy (non-hydrogen) atoms. The first-order valence-corrected chi connectivity index (χ1v) is 10.8. The Hall–Kier alpha value is -1.84. The second-order valence-electron chi connectivity index (χ2n) is 7.59. The highest BCUT2D eigenvalue weighted by molar-refractivity contribution is 14.0. The third-order valence-electron chi connectivity index (χ3n) is 4.82. The van der Waals surface area contributed by atoms with Gasteiger partial charge in [-0.05, 0) is 37.3 Å². The lowest BCUT2D eigenvalue weighted by atomic mass is 10.2. The highest BCUT2D eigenvalue weighted by Crippen LogP contribution is 2.30. The summed E-state index contributed by atoms with van der Waals surface area (Å²) in [5, 5.41) is 16.6. The molecular weight excluding hydrogens is 505 g/mol. The van der Waals surface area contributed by atoms with Crippen LogP contribution in [0.5, 0.6) is 5.75 Å². The summed E-state index contributed by atoms with van der Waals surface area (Å²) >= 11 is 0. The molecular formula is C24H34IN3O3. The minimum absolute atomic E-state index is 0. The third kappa shape index (κ3) is 9.88. The van der Waals surface area contributed by atoms with Crippen LogP contribution in [0.1, 0.15) is 30.9 Å². The smallest absolute Gasteiger partial charge is 0.191 e. The molecule has 1 aliphatic carbocycles. The molecule has 1 fully saturated rings. The fourth-order valence-corrected chi connectivity index (χ4v) is 2.93. The van der Waals surface area contributed by atoms with Crippen LogP contribution in [0.15, 0.2) is 59.6 Å². The predicted octanol–water partition coefficient (Wildman–Crippen LogP) is 3.73. The van der Waals surface area contributed by atoms with Gasteiger partial charge in [0.15, 0.2) is 5.96 Å². The van der Waals surface area contributed by atoms with Crippen molar-refractivity contribution in [2.75, 3.05) is 26.3 Å². The van der Waals surface area contributed by atoms with E-state index in [1.54, 1.807) is 0 Å². The molecule has 0 amide bonds. The van der Waals surface area contributed by atoms with Crippen LogP contribution in [0, 0.1) is 5.92 Å². The average Bonchev–Trinajstić information content (AvgIpc) is 3.60. The number of aliphatic imine (C=N–C) groups is 1. The Labute approximate surface area is 202 Å². The van der Waals surface area contributed by atoms with Gasteiger partial charge in [-0.2, -0.15) is 0 Å². The van der Waals surface area contributed by atoms with Crippen LogP contribution in [-0.4, -0.2) is 43.5 Å². The zero-order chi connectivity index (χ0) is 21.0. The third-order valence-corrected chi connectivity index (χ3v) is 4.82. The first-order chi connectivity index (χ1) is 14.7. The van der Waals surface area contributed by atoms with Gasteiger partial charge in [0.05, 0.1) is 32.5 Å². The number of nitrogens with zero attached hydrogens (tertiary/aromatic N) is 1. The number of hydrogen-bond donors (Lipinski definition) is 3. The Morgan fingerprint density at radius 3 is 2.58 bits per heavy atom. The minimum Gasteiger partial charge on any atom is -0.493 e. The van der Waals surface area contributed by atoms with Gasteiger partial charge in [0, 0.05) is 18.7 Å². The molecule has 0 saturated heterocycles. The van der Waals surface area contributed by atoms with Crippen LogP contribution in [0.25, 0.3) is 0 Å². The van der Waals surface area contributed by atoms with Crippen molar-refractivity contribution in [2.45, 2.75) is 39.0 Å². The highest BCUT2D eigenvalue weighted by atomic mass is 127. The van der Waals surface area contributed by atoms with Crippen LogP contribution in [0.4, 0.5) is 0 Å². The average molecular weight is 539 g/mol. The number of guanidine groups is 1. The summed E-state index contributed by atoms with van der Waals surface area (Å²) < 4.78 is 11.6. The summed E-state index contributed by atoms with van der Waals surface area (Å²) in [6, 6.07) is 18.0. The molecule has 1 unspecified atom stereocenters. The summed E-state index contributed by atoms with van der Waals surface area (Å²) in [7, 11) is 0. The maximum absolute atomic E-state index is 10.2. The SMILES string of the molecule is CCNC(=NCc1ccccc1OCC1CC1)NCC(O)COCc1ccccc1.I. The highest BCUT2D eigenvalue weighted by Gasteiger charge is 2.22. The zero-order valence-electron chi connectivity index (χ0n) is 18.1. The topological polar surface area (TPSA) is 75.1 Å².